The van der Waals surface area contributed by atoms with Gasteiger partial charge in [-0.25, -0.2) is 4.98 Å². The van der Waals surface area contributed by atoms with E-state index >= 15 is 0 Å². The maximum atomic E-state index is 12.3. The summed E-state index contributed by atoms with van der Waals surface area (Å²) in [6.45, 7) is 1.82. The summed E-state index contributed by atoms with van der Waals surface area (Å²) in [5.74, 6) is 0.614. The number of hydrogen-bond acceptors (Lipinski definition) is 4. The molecule has 0 fully saturated rings. The van der Waals surface area contributed by atoms with E-state index in [9.17, 15) is 4.79 Å². The Bertz CT molecular complexity index is 1060. The molecule has 0 bridgehead atoms. The smallest absolute Gasteiger partial charge is 0.224 e. The summed E-state index contributed by atoms with van der Waals surface area (Å²) >= 11 is 0. The third-order valence-electron chi connectivity index (χ3n) is 4.11. The highest BCUT2D eigenvalue weighted by Crippen LogP contribution is 2.21. The van der Waals surface area contributed by atoms with Gasteiger partial charge in [0.1, 0.15) is 5.52 Å². The quantitative estimate of drug-likeness (QED) is 0.607. The van der Waals surface area contributed by atoms with Gasteiger partial charge in [0.25, 0.3) is 0 Å². The number of anilines is 1. The molecule has 4 aromatic rings. The zero-order valence-corrected chi connectivity index (χ0v) is 13.8. The summed E-state index contributed by atoms with van der Waals surface area (Å²) in [5.41, 5.74) is 4.21. The topological polar surface area (TPSA) is 68.0 Å². The number of amides is 1. The lowest BCUT2D eigenvalue weighted by Gasteiger charge is -2.08. The Balaban J connectivity index is 1.46. The molecule has 5 heteroatoms. The number of rotatable bonds is 4. The van der Waals surface area contributed by atoms with Gasteiger partial charge in [-0.05, 0) is 36.2 Å². The third kappa shape index (κ3) is 3.21. The Labute approximate surface area is 144 Å². The van der Waals surface area contributed by atoms with Gasteiger partial charge in [-0.3, -0.25) is 9.78 Å². The lowest BCUT2D eigenvalue weighted by Crippen LogP contribution is -2.12. The molecule has 2 aromatic carbocycles. The van der Waals surface area contributed by atoms with Crippen LogP contribution in [0.5, 0.6) is 0 Å². The van der Waals surface area contributed by atoms with Gasteiger partial charge in [0.15, 0.2) is 11.5 Å². The molecule has 0 atom stereocenters. The number of aromatic nitrogens is 2. The standard InChI is InChI=1S/C20H17N3O2/c1-13-22-17-12-14(7-9-18(17)25-13)8-10-19(24)23-16-6-2-4-15-5-3-11-21-20(15)16/h2-7,9,11-12H,8,10H2,1H3,(H,23,24). The molecule has 0 unspecified atom stereocenters. The van der Waals surface area contributed by atoms with Gasteiger partial charge in [0.2, 0.25) is 5.91 Å². The van der Waals surface area contributed by atoms with Gasteiger partial charge in [-0.15, -0.1) is 0 Å². The van der Waals surface area contributed by atoms with E-state index in [1.807, 2.05) is 55.5 Å². The average Bonchev–Trinajstić information content (AvgIpc) is 2.99. The minimum Gasteiger partial charge on any atom is -0.441 e. The van der Waals surface area contributed by atoms with Crippen LogP contribution in [0.3, 0.4) is 0 Å². The first-order valence-electron chi connectivity index (χ1n) is 8.19. The van der Waals surface area contributed by atoms with E-state index in [1.165, 1.54) is 0 Å². The summed E-state index contributed by atoms with van der Waals surface area (Å²) in [5, 5.41) is 3.97. The number of carbonyl (C=O) groups is 1. The Hall–Kier alpha value is -3.21. The molecule has 5 nitrogen and oxygen atoms in total. The van der Waals surface area contributed by atoms with E-state index in [0.29, 0.717) is 18.7 Å². The molecule has 1 amide bonds. The van der Waals surface area contributed by atoms with Crippen molar-refractivity contribution in [2.45, 2.75) is 19.8 Å². The van der Waals surface area contributed by atoms with Crippen LogP contribution in [0.4, 0.5) is 5.69 Å². The largest absolute Gasteiger partial charge is 0.441 e. The van der Waals surface area contributed by atoms with Crippen LogP contribution < -0.4 is 5.32 Å². The van der Waals surface area contributed by atoms with E-state index in [4.69, 9.17) is 4.42 Å². The normalized spacial score (nSPS) is 11.1. The fourth-order valence-corrected chi connectivity index (χ4v) is 2.92. The highest BCUT2D eigenvalue weighted by atomic mass is 16.3. The van der Waals surface area contributed by atoms with Crippen molar-refractivity contribution < 1.29 is 9.21 Å². The molecular weight excluding hydrogens is 314 g/mol. The van der Waals surface area contributed by atoms with Gasteiger partial charge in [0.05, 0.1) is 11.2 Å². The Morgan fingerprint density at radius 1 is 1.16 bits per heavy atom. The zero-order valence-electron chi connectivity index (χ0n) is 13.8. The highest BCUT2D eigenvalue weighted by molar-refractivity contribution is 6.00. The maximum Gasteiger partial charge on any atom is 0.224 e. The van der Waals surface area contributed by atoms with Crippen molar-refractivity contribution in [3.63, 3.8) is 0 Å². The number of oxazole rings is 1. The molecule has 2 aromatic heterocycles. The number of nitrogens with one attached hydrogen (secondary N) is 1. The molecule has 0 aliphatic rings. The monoisotopic (exact) mass is 331 g/mol. The van der Waals surface area contributed by atoms with Gasteiger partial charge in [-0.1, -0.05) is 24.3 Å². The molecule has 25 heavy (non-hydrogen) atoms. The van der Waals surface area contributed by atoms with Crippen molar-refractivity contribution in [2.75, 3.05) is 5.32 Å². The second kappa shape index (κ2) is 6.36. The lowest BCUT2D eigenvalue weighted by molar-refractivity contribution is -0.116. The first kappa shape index (κ1) is 15.3. The molecule has 124 valence electrons. The summed E-state index contributed by atoms with van der Waals surface area (Å²) in [4.78, 5) is 21.0. The van der Waals surface area contributed by atoms with E-state index in [0.717, 1.165) is 33.3 Å². The number of pyridine rings is 1. The van der Waals surface area contributed by atoms with Crippen LogP contribution in [0.1, 0.15) is 17.9 Å². The van der Waals surface area contributed by atoms with Crippen molar-refractivity contribution >= 4 is 33.6 Å². The fraction of sp³-hybridized carbons (Fsp3) is 0.150. The number of fused-ring (bicyclic) bond motifs is 2. The van der Waals surface area contributed by atoms with Gasteiger partial charge < -0.3 is 9.73 Å². The molecule has 0 radical (unpaired) electrons. The van der Waals surface area contributed by atoms with E-state index in [-0.39, 0.29) is 5.91 Å². The fourth-order valence-electron chi connectivity index (χ4n) is 2.92. The van der Waals surface area contributed by atoms with E-state index in [1.54, 1.807) is 6.20 Å². The summed E-state index contributed by atoms with van der Waals surface area (Å²) < 4.78 is 5.47. The van der Waals surface area contributed by atoms with Gasteiger partial charge in [-0.2, -0.15) is 0 Å². The first-order chi connectivity index (χ1) is 12.2. The number of carbonyl (C=O) groups excluding carboxylic acids is 1. The lowest BCUT2D eigenvalue weighted by atomic mass is 10.1. The minimum absolute atomic E-state index is 0.0328. The van der Waals surface area contributed by atoms with Crippen molar-refractivity contribution in [1.82, 2.24) is 9.97 Å². The minimum atomic E-state index is -0.0328. The Morgan fingerprint density at radius 2 is 2.04 bits per heavy atom. The molecule has 0 spiro atoms. The van der Waals surface area contributed by atoms with Crippen molar-refractivity contribution in [3.8, 4) is 0 Å². The van der Waals surface area contributed by atoms with Gasteiger partial charge in [0, 0.05) is 24.9 Å². The predicted octanol–water partition coefficient (Wildman–Crippen LogP) is 4.26. The molecule has 0 aliphatic carbocycles. The predicted molar refractivity (Wildman–Crippen MR) is 97.4 cm³/mol. The molecule has 0 aliphatic heterocycles. The Kier molecular flexibility index (Phi) is 3.90. The Morgan fingerprint density at radius 3 is 2.96 bits per heavy atom. The average molecular weight is 331 g/mol. The van der Waals surface area contributed by atoms with Crippen molar-refractivity contribution in [1.29, 1.82) is 0 Å². The molecule has 0 saturated carbocycles. The zero-order chi connectivity index (χ0) is 17.2. The van der Waals surface area contributed by atoms with Crippen LogP contribution in [0, 0.1) is 6.92 Å². The summed E-state index contributed by atoms with van der Waals surface area (Å²) in [7, 11) is 0. The second-order valence-corrected chi connectivity index (χ2v) is 5.96. The third-order valence-corrected chi connectivity index (χ3v) is 4.11. The molecule has 1 N–H and O–H groups in total. The molecule has 2 heterocycles. The van der Waals surface area contributed by atoms with Crippen LogP contribution in [0.15, 0.2) is 59.1 Å². The number of aryl methyl sites for hydroxylation is 2. The molecule has 4 rings (SSSR count). The van der Waals surface area contributed by atoms with Crippen LogP contribution in [-0.2, 0) is 11.2 Å². The SMILES string of the molecule is Cc1nc2cc(CCC(=O)Nc3cccc4cccnc34)ccc2o1. The van der Waals surface area contributed by atoms with E-state index in [2.05, 4.69) is 15.3 Å². The number of benzene rings is 2. The van der Waals surface area contributed by atoms with Crippen molar-refractivity contribution in [3.05, 3.63) is 66.2 Å². The van der Waals surface area contributed by atoms with E-state index < -0.39 is 0 Å². The molecule has 0 saturated heterocycles. The summed E-state index contributed by atoms with van der Waals surface area (Å²) in [6.07, 6.45) is 2.77. The second-order valence-electron chi connectivity index (χ2n) is 5.96. The van der Waals surface area contributed by atoms with Gasteiger partial charge >= 0.3 is 0 Å². The molecular formula is C20H17N3O2. The number of nitrogens with zero attached hydrogens (tertiary/aromatic N) is 2. The van der Waals surface area contributed by atoms with Crippen molar-refractivity contribution in [2.24, 2.45) is 0 Å². The summed E-state index contributed by atoms with van der Waals surface area (Å²) in [6, 6.07) is 15.5. The first-order valence-corrected chi connectivity index (χ1v) is 8.19. The van der Waals surface area contributed by atoms with Crippen LogP contribution in [0.25, 0.3) is 22.0 Å². The van der Waals surface area contributed by atoms with Crippen LogP contribution in [0.2, 0.25) is 0 Å². The number of hydrogen-bond donors (Lipinski definition) is 1. The van der Waals surface area contributed by atoms with Crippen LogP contribution in [-0.4, -0.2) is 15.9 Å². The highest BCUT2D eigenvalue weighted by Gasteiger charge is 2.08. The maximum absolute atomic E-state index is 12.3. The number of para-hydroxylation sites is 1. The van der Waals surface area contributed by atoms with Crippen LogP contribution >= 0.6 is 0 Å².